The highest BCUT2D eigenvalue weighted by molar-refractivity contribution is 5.90. The summed E-state index contributed by atoms with van der Waals surface area (Å²) in [5, 5.41) is 0. The molecule has 0 amide bonds. The Kier molecular flexibility index (Phi) is 5.50. The Hall–Kier alpha value is -1.69. The van der Waals surface area contributed by atoms with E-state index < -0.39 is 0 Å². The van der Waals surface area contributed by atoms with Gasteiger partial charge in [-0.15, -0.1) is 0 Å². The lowest BCUT2D eigenvalue weighted by molar-refractivity contribution is 0.0524. The highest BCUT2D eigenvalue weighted by Crippen LogP contribution is 2.16. The van der Waals surface area contributed by atoms with Crippen molar-refractivity contribution in [2.45, 2.75) is 26.7 Å². The molecule has 0 radical (unpaired) electrons. The van der Waals surface area contributed by atoms with E-state index in [0.29, 0.717) is 12.2 Å². The molecule has 1 aromatic rings. The number of anilines is 1. The lowest BCUT2D eigenvalue weighted by Crippen LogP contribution is -2.45. The second kappa shape index (κ2) is 7.36. The largest absolute Gasteiger partial charge is 0.462 e. The summed E-state index contributed by atoms with van der Waals surface area (Å²) in [4.78, 5) is 25.4. The number of aromatic nitrogens is 2. The van der Waals surface area contributed by atoms with E-state index in [2.05, 4.69) is 33.7 Å². The lowest BCUT2D eigenvalue weighted by atomic mass is 10.1. The Balaban J connectivity index is 2.21. The van der Waals surface area contributed by atoms with Crippen LogP contribution in [0.2, 0.25) is 0 Å². The van der Waals surface area contributed by atoms with Crippen LogP contribution >= 0.6 is 0 Å². The molecule has 116 valence electrons. The average molecular weight is 292 g/mol. The molecule has 1 saturated heterocycles. The first kappa shape index (κ1) is 15.7. The molecular weight excluding hydrogens is 268 g/mol. The number of nitrogens with zero attached hydrogens (tertiary/aromatic N) is 4. The molecule has 21 heavy (non-hydrogen) atoms. The van der Waals surface area contributed by atoms with Crippen LogP contribution in [-0.4, -0.2) is 60.7 Å². The molecule has 2 heterocycles. The number of carbonyl (C=O) groups is 1. The van der Waals surface area contributed by atoms with Crippen molar-refractivity contribution < 1.29 is 9.53 Å². The first-order valence-electron chi connectivity index (χ1n) is 7.62. The van der Waals surface area contributed by atoms with E-state index in [1.165, 1.54) is 0 Å². The quantitative estimate of drug-likeness (QED) is 0.764. The van der Waals surface area contributed by atoms with Crippen LogP contribution in [0.25, 0.3) is 0 Å². The molecule has 0 saturated carbocycles. The van der Waals surface area contributed by atoms with Crippen molar-refractivity contribution in [1.29, 1.82) is 0 Å². The van der Waals surface area contributed by atoms with E-state index in [1.54, 1.807) is 13.1 Å². The van der Waals surface area contributed by atoms with Gasteiger partial charge in [0.05, 0.1) is 17.9 Å². The third kappa shape index (κ3) is 3.91. The van der Waals surface area contributed by atoms with Gasteiger partial charge in [0.15, 0.2) is 0 Å². The Labute approximate surface area is 126 Å². The van der Waals surface area contributed by atoms with Crippen LogP contribution in [0.4, 0.5) is 5.95 Å². The fraction of sp³-hybridized carbons (Fsp3) is 0.667. The molecule has 0 N–H and O–H groups in total. The number of likely N-dealkylation sites (N-methyl/N-ethyl adjacent to an activating group) is 1. The van der Waals surface area contributed by atoms with E-state index in [4.69, 9.17) is 4.74 Å². The summed E-state index contributed by atoms with van der Waals surface area (Å²) in [5.41, 5.74) is 1.29. The first-order valence-corrected chi connectivity index (χ1v) is 7.62. The van der Waals surface area contributed by atoms with Gasteiger partial charge in [-0.3, -0.25) is 0 Å². The lowest BCUT2D eigenvalue weighted by Gasteiger charge is -2.32. The molecule has 0 atom stereocenters. The number of piperazine rings is 1. The summed E-state index contributed by atoms with van der Waals surface area (Å²) in [6.45, 7) is 8.09. The van der Waals surface area contributed by atoms with E-state index in [1.807, 2.05) is 0 Å². The summed E-state index contributed by atoms with van der Waals surface area (Å²) >= 11 is 0. The summed E-state index contributed by atoms with van der Waals surface area (Å²) in [6, 6.07) is 0. The topological polar surface area (TPSA) is 58.6 Å². The van der Waals surface area contributed by atoms with Crippen molar-refractivity contribution >= 4 is 11.9 Å². The highest BCUT2D eigenvalue weighted by atomic mass is 16.5. The van der Waals surface area contributed by atoms with Crippen molar-refractivity contribution in [2.24, 2.45) is 0 Å². The Morgan fingerprint density at radius 2 is 2.00 bits per heavy atom. The van der Waals surface area contributed by atoms with Crippen molar-refractivity contribution in [3.05, 3.63) is 17.5 Å². The van der Waals surface area contributed by atoms with Crippen LogP contribution in [-0.2, 0) is 11.2 Å². The smallest absolute Gasteiger partial charge is 0.341 e. The molecule has 1 aliphatic heterocycles. The molecule has 2 rings (SSSR count). The normalized spacial score (nSPS) is 16.0. The second-order valence-corrected chi connectivity index (χ2v) is 5.29. The van der Waals surface area contributed by atoms with E-state index in [9.17, 15) is 4.79 Å². The predicted octanol–water partition coefficient (Wildman–Crippen LogP) is 1.36. The van der Waals surface area contributed by atoms with Crippen LogP contribution in [0.1, 0.15) is 36.3 Å². The van der Waals surface area contributed by atoms with E-state index in [-0.39, 0.29) is 5.97 Å². The minimum Gasteiger partial charge on any atom is -0.462 e. The van der Waals surface area contributed by atoms with Crippen molar-refractivity contribution in [3.8, 4) is 0 Å². The van der Waals surface area contributed by atoms with Crippen LogP contribution in [0.5, 0.6) is 0 Å². The molecule has 1 aromatic heterocycles. The fourth-order valence-electron chi connectivity index (χ4n) is 2.37. The highest BCUT2D eigenvalue weighted by Gasteiger charge is 2.20. The summed E-state index contributed by atoms with van der Waals surface area (Å²) in [6.07, 6.45) is 3.31. The van der Waals surface area contributed by atoms with Crippen molar-refractivity contribution in [3.63, 3.8) is 0 Å². The molecule has 0 unspecified atom stereocenters. The number of ether oxygens (including phenoxy) is 1. The van der Waals surface area contributed by atoms with Gasteiger partial charge in [-0.2, -0.15) is 0 Å². The third-order valence-electron chi connectivity index (χ3n) is 3.62. The molecule has 0 aromatic carbocycles. The van der Waals surface area contributed by atoms with Gasteiger partial charge in [-0.1, -0.05) is 13.3 Å². The predicted molar refractivity (Wildman–Crippen MR) is 81.7 cm³/mol. The maximum atomic E-state index is 11.9. The molecule has 1 aliphatic rings. The number of hydrogen-bond donors (Lipinski definition) is 0. The van der Waals surface area contributed by atoms with Crippen LogP contribution in [0.3, 0.4) is 0 Å². The maximum absolute atomic E-state index is 11.9. The van der Waals surface area contributed by atoms with Crippen LogP contribution in [0, 0.1) is 0 Å². The van der Waals surface area contributed by atoms with Gasteiger partial charge in [0, 0.05) is 32.4 Å². The average Bonchev–Trinajstić information content (AvgIpc) is 2.48. The third-order valence-corrected chi connectivity index (χ3v) is 3.62. The zero-order valence-electron chi connectivity index (χ0n) is 13.1. The second-order valence-electron chi connectivity index (χ2n) is 5.29. The van der Waals surface area contributed by atoms with Crippen molar-refractivity contribution in [1.82, 2.24) is 14.9 Å². The standard InChI is InChI=1S/C15H24N4O2/c1-4-6-13-12(14(20)21-5-2)11-16-15(17-13)19-9-7-18(3)8-10-19/h11H,4-10H2,1-3H3. The first-order chi connectivity index (χ1) is 10.2. The zero-order chi connectivity index (χ0) is 15.2. The summed E-state index contributed by atoms with van der Waals surface area (Å²) in [7, 11) is 2.12. The number of esters is 1. The fourth-order valence-corrected chi connectivity index (χ4v) is 2.37. The summed E-state index contributed by atoms with van der Waals surface area (Å²) < 4.78 is 5.08. The van der Waals surface area contributed by atoms with Gasteiger partial charge in [0.2, 0.25) is 5.95 Å². The van der Waals surface area contributed by atoms with Gasteiger partial charge in [-0.25, -0.2) is 14.8 Å². The van der Waals surface area contributed by atoms with Gasteiger partial charge in [0.1, 0.15) is 0 Å². The van der Waals surface area contributed by atoms with Gasteiger partial charge in [-0.05, 0) is 20.4 Å². The molecule has 0 aliphatic carbocycles. The number of hydrogen-bond acceptors (Lipinski definition) is 6. The molecular formula is C15H24N4O2. The summed E-state index contributed by atoms with van der Waals surface area (Å²) in [5.74, 6) is 0.394. The maximum Gasteiger partial charge on any atom is 0.341 e. The minimum absolute atomic E-state index is 0.328. The molecule has 1 fully saturated rings. The Bertz CT molecular complexity index is 485. The SMILES string of the molecule is CCCc1nc(N2CCN(C)CC2)ncc1C(=O)OCC. The molecule has 6 heteroatoms. The van der Waals surface area contributed by atoms with Crippen LogP contribution < -0.4 is 4.90 Å². The zero-order valence-corrected chi connectivity index (χ0v) is 13.1. The number of carbonyl (C=O) groups excluding carboxylic acids is 1. The number of aryl methyl sites for hydroxylation is 1. The van der Waals surface area contributed by atoms with Gasteiger partial charge in [0.25, 0.3) is 0 Å². The molecule has 0 bridgehead atoms. The van der Waals surface area contributed by atoms with E-state index >= 15 is 0 Å². The Morgan fingerprint density at radius 3 is 2.62 bits per heavy atom. The van der Waals surface area contributed by atoms with Crippen LogP contribution in [0.15, 0.2) is 6.20 Å². The molecule has 0 spiro atoms. The monoisotopic (exact) mass is 292 g/mol. The van der Waals surface area contributed by atoms with Gasteiger partial charge < -0.3 is 14.5 Å². The van der Waals surface area contributed by atoms with Crippen molar-refractivity contribution in [2.75, 3.05) is 44.7 Å². The van der Waals surface area contributed by atoms with Gasteiger partial charge >= 0.3 is 5.97 Å². The van der Waals surface area contributed by atoms with E-state index in [0.717, 1.165) is 50.7 Å². The molecule has 6 nitrogen and oxygen atoms in total. The Morgan fingerprint density at radius 1 is 1.29 bits per heavy atom. The minimum atomic E-state index is -0.328. The number of rotatable bonds is 5.